The third-order valence-corrected chi connectivity index (χ3v) is 4.32. The second-order valence-corrected chi connectivity index (χ2v) is 6.36. The molecule has 0 atom stereocenters. The summed E-state index contributed by atoms with van der Waals surface area (Å²) in [5.74, 6) is -1.26. The minimum absolute atomic E-state index is 0.271. The molecule has 2 amide bonds. The van der Waals surface area contributed by atoms with Crippen LogP contribution in [0.2, 0.25) is 5.02 Å². The Morgan fingerprint density at radius 2 is 2.08 bits per heavy atom. The van der Waals surface area contributed by atoms with Gasteiger partial charge >= 0.3 is 12.1 Å². The lowest BCUT2D eigenvalue weighted by molar-refractivity contribution is -0.147. The fourth-order valence-electron chi connectivity index (χ4n) is 1.98. The van der Waals surface area contributed by atoms with Crippen molar-refractivity contribution < 1.29 is 32.3 Å². The van der Waals surface area contributed by atoms with Crippen LogP contribution in [0.1, 0.15) is 5.56 Å². The molecule has 1 N–H and O–H groups in total. The minimum atomic E-state index is -4.71. The van der Waals surface area contributed by atoms with Crippen LogP contribution >= 0.6 is 23.4 Å². The van der Waals surface area contributed by atoms with Crippen LogP contribution in [0.5, 0.6) is 0 Å². The van der Waals surface area contributed by atoms with Gasteiger partial charge in [0.15, 0.2) is 6.61 Å². The first-order chi connectivity index (χ1) is 11.7. The summed E-state index contributed by atoms with van der Waals surface area (Å²) >= 11 is 6.76. The number of hydrogen-bond acceptors (Lipinski definition) is 5. The number of amides is 2. The van der Waals surface area contributed by atoms with E-state index in [1.54, 1.807) is 0 Å². The molecule has 0 aromatic heterocycles. The Morgan fingerprint density at radius 3 is 2.68 bits per heavy atom. The normalized spacial score (nSPS) is 14.6. The number of rotatable bonds is 5. The number of thioether (sulfide) groups is 1. The zero-order valence-electron chi connectivity index (χ0n) is 12.6. The van der Waals surface area contributed by atoms with Crippen molar-refractivity contribution in [1.82, 2.24) is 4.90 Å². The molecular weight excluding hydrogens is 385 g/mol. The molecule has 1 aromatic rings. The summed E-state index contributed by atoms with van der Waals surface area (Å²) in [6, 6.07) is 3.06. The molecule has 1 heterocycles. The van der Waals surface area contributed by atoms with E-state index in [4.69, 9.17) is 11.6 Å². The first-order valence-electron chi connectivity index (χ1n) is 6.91. The van der Waals surface area contributed by atoms with Crippen molar-refractivity contribution in [3.05, 3.63) is 28.8 Å². The summed E-state index contributed by atoms with van der Waals surface area (Å²) in [6.45, 7) is -0.727. The van der Waals surface area contributed by atoms with Crippen LogP contribution < -0.4 is 5.32 Å². The number of nitrogens with one attached hydrogen (secondary N) is 1. The Kier molecular flexibility index (Phi) is 6.17. The van der Waals surface area contributed by atoms with Gasteiger partial charge < -0.3 is 15.0 Å². The van der Waals surface area contributed by atoms with Gasteiger partial charge in [0, 0.05) is 12.3 Å². The van der Waals surface area contributed by atoms with Gasteiger partial charge in [-0.2, -0.15) is 13.2 Å². The highest BCUT2D eigenvalue weighted by molar-refractivity contribution is 8.13. The number of benzene rings is 1. The van der Waals surface area contributed by atoms with E-state index in [1.165, 1.54) is 11.0 Å². The number of para-hydroxylation sites is 1. The number of nitrogens with zero attached hydrogens (tertiary/aromatic N) is 1. The molecule has 1 aliphatic rings. The smallest absolute Gasteiger partial charge is 0.418 e. The van der Waals surface area contributed by atoms with Crippen LogP contribution in [0, 0.1) is 0 Å². The van der Waals surface area contributed by atoms with Crippen molar-refractivity contribution in [1.29, 1.82) is 0 Å². The summed E-state index contributed by atoms with van der Waals surface area (Å²) in [4.78, 5) is 35.9. The van der Waals surface area contributed by atoms with Crippen LogP contribution in [-0.4, -0.2) is 47.5 Å². The second kappa shape index (κ2) is 7.96. The Bertz CT molecular complexity index is 699. The van der Waals surface area contributed by atoms with Gasteiger partial charge in [0.05, 0.1) is 16.3 Å². The van der Waals surface area contributed by atoms with Crippen LogP contribution in [-0.2, 0) is 20.5 Å². The van der Waals surface area contributed by atoms with E-state index < -0.39 is 35.9 Å². The van der Waals surface area contributed by atoms with Crippen molar-refractivity contribution in [2.24, 2.45) is 0 Å². The molecule has 0 saturated carbocycles. The standard InChI is InChI=1S/C14H12ClF3N2O4S/c15-9-3-1-2-8(14(16,17)18)12(9)19-10(21)7-24-11(22)6-20-4-5-25-13(20)23/h1-3H,4-7H2,(H,19,21). The summed E-state index contributed by atoms with van der Waals surface area (Å²) in [5, 5.41) is 1.42. The molecule has 1 saturated heterocycles. The molecule has 11 heteroatoms. The zero-order chi connectivity index (χ0) is 18.6. The van der Waals surface area contributed by atoms with Gasteiger partial charge in [0.25, 0.3) is 11.1 Å². The van der Waals surface area contributed by atoms with E-state index in [1.807, 2.05) is 5.32 Å². The summed E-state index contributed by atoms with van der Waals surface area (Å²) < 4.78 is 43.4. The van der Waals surface area contributed by atoms with E-state index >= 15 is 0 Å². The maximum atomic E-state index is 12.9. The van der Waals surface area contributed by atoms with Gasteiger partial charge in [-0.15, -0.1) is 0 Å². The molecule has 25 heavy (non-hydrogen) atoms. The van der Waals surface area contributed by atoms with Gasteiger partial charge in [-0.1, -0.05) is 29.4 Å². The number of hydrogen-bond donors (Lipinski definition) is 1. The molecule has 0 spiro atoms. The van der Waals surface area contributed by atoms with Crippen molar-refractivity contribution in [3.8, 4) is 0 Å². The highest BCUT2D eigenvalue weighted by Crippen LogP contribution is 2.38. The monoisotopic (exact) mass is 396 g/mol. The average Bonchev–Trinajstić information content (AvgIpc) is 2.91. The van der Waals surface area contributed by atoms with Crippen LogP contribution in [0.4, 0.5) is 23.7 Å². The topological polar surface area (TPSA) is 75.7 Å². The Labute approximate surface area is 149 Å². The second-order valence-electron chi connectivity index (χ2n) is 4.90. The van der Waals surface area contributed by atoms with E-state index in [0.29, 0.717) is 12.3 Å². The SMILES string of the molecule is O=C(COC(=O)CN1CCSC1=O)Nc1c(Cl)cccc1C(F)(F)F. The van der Waals surface area contributed by atoms with Crippen molar-refractivity contribution in [2.75, 3.05) is 30.8 Å². The van der Waals surface area contributed by atoms with Gasteiger partial charge in [0.1, 0.15) is 6.54 Å². The number of esters is 1. The van der Waals surface area contributed by atoms with Gasteiger partial charge in [-0.05, 0) is 12.1 Å². The third kappa shape index (κ3) is 5.27. The first-order valence-corrected chi connectivity index (χ1v) is 8.27. The van der Waals surface area contributed by atoms with Crippen molar-refractivity contribution in [3.63, 3.8) is 0 Å². The largest absolute Gasteiger partial charge is 0.454 e. The lowest BCUT2D eigenvalue weighted by atomic mass is 10.1. The van der Waals surface area contributed by atoms with E-state index in [0.717, 1.165) is 23.9 Å². The molecule has 1 fully saturated rings. The van der Waals surface area contributed by atoms with Crippen molar-refractivity contribution in [2.45, 2.75) is 6.18 Å². The zero-order valence-corrected chi connectivity index (χ0v) is 14.1. The maximum absolute atomic E-state index is 12.9. The number of carbonyl (C=O) groups is 3. The highest BCUT2D eigenvalue weighted by atomic mass is 35.5. The number of anilines is 1. The molecule has 6 nitrogen and oxygen atoms in total. The molecule has 0 bridgehead atoms. The fourth-order valence-corrected chi connectivity index (χ4v) is 3.03. The molecule has 136 valence electrons. The summed E-state index contributed by atoms with van der Waals surface area (Å²) in [5.41, 5.74) is -1.72. The Hall–Kier alpha value is -1.94. The van der Waals surface area contributed by atoms with Crippen LogP contribution in [0.3, 0.4) is 0 Å². The first kappa shape index (κ1) is 19.4. The third-order valence-electron chi connectivity index (χ3n) is 3.11. The summed E-state index contributed by atoms with van der Waals surface area (Å²) in [6.07, 6.45) is -4.71. The molecule has 1 aliphatic heterocycles. The lowest BCUT2D eigenvalue weighted by Crippen LogP contribution is -2.32. The number of ether oxygens (including phenoxy) is 1. The molecular formula is C14H12ClF3N2O4S. The van der Waals surface area contributed by atoms with Gasteiger partial charge in [0.2, 0.25) is 0 Å². The number of halogens is 4. The lowest BCUT2D eigenvalue weighted by Gasteiger charge is -2.16. The Balaban J connectivity index is 1.92. The van der Waals surface area contributed by atoms with E-state index in [-0.39, 0.29) is 16.8 Å². The summed E-state index contributed by atoms with van der Waals surface area (Å²) in [7, 11) is 0. The quantitative estimate of drug-likeness (QED) is 0.774. The van der Waals surface area contributed by atoms with Gasteiger partial charge in [-0.25, -0.2) is 0 Å². The molecule has 0 radical (unpaired) electrons. The Morgan fingerprint density at radius 1 is 1.36 bits per heavy atom. The molecule has 0 unspecified atom stereocenters. The van der Waals surface area contributed by atoms with E-state index in [2.05, 4.69) is 4.74 Å². The highest BCUT2D eigenvalue weighted by Gasteiger charge is 2.35. The van der Waals surface area contributed by atoms with Crippen LogP contribution in [0.25, 0.3) is 0 Å². The maximum Gasteiger partial charge on any atom is 0.418 e. The molecule has 2 rings (SSSR count). The predicted octanol–water partition coefficient (Wildman–Crippen LogP) is 3.01. The van der Waals surface area contributed by atoms with E-state index in [9.17, 15) is 27.6 Å². The van der Waals surface area contributed by atoms with Gasteiger partial charge in [-0.3, -0.25) is 14.4 Å². The van der Waals surface area contributed by atoms with Crippen molar-refractivity contribution >= 4 is 46.2 Å². The number of alkyl halides is 3. The molecule has 0 aliphatic carbocycles. The predicted molar refractivity (Wildman–Crippen MR) is 85.5 cm³/mol. The average molecular weight is 397 g/mol. The minimum Gasteiger partial charge on any atom is -0.454 e. The number of carbonyl (C=O) groups excluding carboxylic acids is 3. The molecule has 1 aromatic carbocycles. The van der Waals surface area contributed by atoms with Crippen LogP contribution in [0.15, 0.2) is 18.2 Å². The fraction of sp³-hybridized carbons (Fsp3) is 0.357.